The maximum atomic E-state index is 6.22. The van der Waals surface area contributed by atoms with Crippen LogP contribution in [0.25, 0.3) is 0 Å². The zero-order valence-corrected chi connectivity index (χ0v) is 10.2. The van der Waals surface area contributed by atoms with Crippen LogP contribution in [0.1, 0.15) is 44.1 Å². The number of ether oxygens (including phenoxy) is 2. The number of hydrogen-bond donors (Lipinski definition) is 1. The Balaban J connectivity index is 1.81. The SMILES string of the molecule is CCC(CC1(N)CC1)c1ccc2c(c1)OCO2. The van der Waals surface area contributed by atoms with E-state index in [2.05, 4.69) is 19.1 Å². The Labute approximate surface area is 102 Å². The summed E-state index contributed by atoms with van der Waals surface area (Å²) in [4.78, 5) is 0. The topological polar surface area (TPSA) is 44.5 Å². The van der Waals surface area contributed by atoms with Crippen LogP contribution in [-0.2, 0) is 0 Å². The molecule has 1 heterocycles. The summed E-state index contributed by atoms with van der Waals surface area (Å²) in [5.41, 5.74) is 7.65. The van der Waals surface area contributed by atoms with Gasteiger partial charge in [0.05, 0.1) is 0 Å². The number of benzene rings is 1. The number of nitrogens with two attached hydrogens (primary N) is 1. The molecule has 3 rings (SSSR count). The van der Waals surface area contributed by atoms with Gasteiger partial charge in [-0.15, -0.1) is 0 Å². The van der Waals surface area contributed by atoms with E-state index in [0.717, 1.165) is 24.3 Å². The molecule has 2 aliphatic rings. The highest BCUT2D eigenvalue weighted by Gasteiger charge is 2.40. The Morgan fingerprint density at radius 3 is 2.76 bits per heavy atom. The lowest BCUT2D eigenvalue weighted by Gasteiger charge is -2.19. The molecule has 0 saturated heterocycles. The minimum atomic E-state index is 0.108. The van der Waals surface area contributed by atoms with Gasteiger partial charge in [0.2, 0.25) is 6.79 Å². The molecular weight excluding hydrogens is 214 g/mol. The van der Waals surface area contributed by atoms with E-state index in [4.69, 9.17) is 15.2 Å². The minimum absolute atomic E-state index is 0.108. The van der Waals surface area contributed by atoms with Crippen LogP contribution in [0.3, 0.4) is 0 Å². The molecule has 0 bridgehead atoms. The molecule has 17 heavy (non-hydrogen) atoms. The Morgan fingerprint density at radius 2 is 2.06 bits per heavy atom. The lowest BCUT2D eigenvalue weighted by atomic mass is 9.89. The van der Waals surface area contributed by atoms with Gasteiger partial charge < -0.3 is 15.2 Å². The molecular formula is C14H19NO2. The van der Waals surface area contributed by atoms with Gasteiger partial charge in [-0.25, -0.2) is 0 Å². The van der Waals surface area contributed by atoms with Crippen LogP contribution in [0.2, 0.25) is 0 Å². The summed E-state index contributed by atoms with van der Waals surface area (Å²) in [6, 6.07) is 6.27. The van der Waals surface area contributed by atoms with Gasteiger partial charge in [-0.1, -0.05) is 13.0 Å². The maximum absolute atomic E-state index is 6.22. The van der Waals surface area contributed by atoms with Gasteiger partial charge in [-0.05, 0) is 49.3 Å². The first kappa shape index (κ1) is 10.9. The second kappa shape index (κ2) is 3.91. The van der Waals surface area contributed by atoms with Gasteiger partial charge >= 0.3 is 0 Å². The summed E-state index contributed by atoms with van der Waals surface area (Å²) in [7, 11) is 0. The quantitative estimate of drug-likeness (QED) is 0.869. The Hall–Kier alpha value is -1.22. The van der Waals surface area contributed by atoms with Crippen LogP contribution in [0.15, 0.2) is 18.2 Å². The first-order chi connectivity index (χ1) is 8.20. The van der Waals surface area contributed by atoms with E-state index < -0.39 is 0 Å². The first-order valence-corrected chi connectivity index (χ1v) is 6.39. The van der Waals surface area contributed by atoms with Gasteiger partial charge in [-0.3, -0.25) is 0 Å². The molecule has 1 unspecified atom stereocenters. The van der Waals surface area contributed by atoms with Crippen molar-refractivity contribution in [3.05, 3.63) is 23.8 Å². The van der Waals surface area contributed by atoms with Gasteiger partial charge in [0.25, 0.3) is 0 Å². The van der Waals surface area contributed by atoms with Crippen LogP contribution in [0, 0.1) is 0 Å². The molecule has 1 fully saturated rings. The molecule has 3 heteroatoms. The van der Waals surface area contributed by atoms with E-state index in [1.807, 2.05) is 6.07 Å². The van der Waals surface area contributed by atoms with E-state index in [1.54, 1.807) is 0 Å². The Kier molecular flexibility index (Phi) is 2.51. The highest BCUT2D eigenvalue weighted by molar-refractivity contribution is 5.45. The molecule has 1 aromatic rings. The van der Waals surface area contributed by atoms with Crippen LogP contribution in [0.4, 0.5) is 0 Å². The lowest BCUT2D eigenvalue weighted by molar-refractivity contribution is 0.174. The van der Waals surface area contributed by atoms with Crippen molar-refractivity contribution in [2.75, 3.05) is 6.79 Å². The third-order valence-electron chi connectivity index (χ3n) is 3.91. The molecule has 0 amide bonds. The molecule has 1 saturated carbocycles. The molecule has 1 aliphatic heterocycles. The molecule has 1 aromatic carbocycles. The second-order valence-corrected chi connectivity index (χ2v) is 5.28. The Morgan fingerprint density at radius 1 is 1.29 bits per heavy atom. The highest BCUT2D eigenvalue weighted by atomic mass is 16.7. The smallest absolute Gasteiger partial charge is 0.231 e. The average Bonchev–Trinajstić information content (AvgIpc) is 2.90. The van der Waals surface area contributed by atoms with E-state index in [0.29, 0.717) is 12.7 Å². The summed E-state index contributed by atoms with van der Waals surface area (Å²) in [6.07, 6.45) is 4.56. The van der Waals surface area contributed by atoms with Crippen molar-refractivity contribution < 1.29 is 9.47 Å². The molecule has 0 aromatic heterocycles. The van der Waals surface area contributed by atoms with Gasteiger partial charge in [-0.2, -0.15) is 0 Å². The number of rotatable bonds is 4. The second-order valence-electron chi connectivity index (χ2n) is 5.28. The van der Waals surface area contributed by atoms with Crippen LogP contribution >= 0.6 is 0 Å². The summed E-state index contributed by atoms with van der Waals surface area (Å²) >= 11 is 0. The van der Waals surface area contributed by atoms with E-state index in [9.17, 15) is 0 Å². The summed E-state index contributed by atoms with van der Waals surface area (Å²) in [5, 5.41) is 0. The molecule has 1 aliphatic carbocycles. The van der Waals surface area contributed by atoms with Crippen LogP contribution in [-0.4, -0.2) is 12.3 Å². The predicted octanol–water partition coefficient (Wildman–Crippen LogP) is 2.79. The standard InChI is InChI=1S/C14H19NO2/c1-2-10(8-14(15)5-6-14)11-3-4-12-13(7-11)17-9-16-12/h3-4,7,10H,2,5-6,8-9,15H2,1H3. The molecule has 92 valence electrons. The number of fused-ring (bicyclic) bond motifs is 1. The average molecular weight is 233 g/mol. The predicted molar refractivity (Wildman–Crippen MR) is 66.4 cm³/mol. The van der Waals surface area contributed by atoms with Gasteiger partial charge in [0, 0.05) is 5.54 Å². The van der Waals surface area contributed by atoms with Crippen molar-refractivity contribution in [1.82, 2.24) is 0 Å². The van der Waals surface area contributed by atoms with Crippen molar-refractivity contribution in [2.45, 2.75) is 44.1 Å². The zero-order chi connectivity index (χ0) is 11.9. The van der Waals surface area contributed by atoms with Gasteiger partial charge in [0.1, 0.15) is 0 Å². The minimum Gasteiger partial charge on any atom is -0.454 e. The van der Waals surface area contributed by atoms with Crippen molar-refractivity contribution in [2.24, 2.45) is 5.73 Å². The maximum Gasteiger partial charge on any atom is 0.231 e. The third kappa shape index (κ3) is 2.12. The number of hydrogen-bond acceptors (Lipinski definition) is 3. The summed E-state index contributed by atoms with van der Waals surface area (Å²) in [5.74, 6) is 2.28. The highest BCUT2D eigenvalue weighted by Crippen LogP contribution is 2.43. The van der Waals surface area contributed by atoms with Gasteiger partial charge in [0.15, 0.2) is 11.5 Å². The molecule has 3 nitrogen and oxygen atoms in total. The fourth-order valence-electron chi connectivity index (χ4n) is 2.52. The zero-order valence-electron chi connectivity index (χ0n) is 10.2. The lowest BCUT2D eigenvalue weighted by Crippen LogP contribution is -2.24. The fourth-order valence-corrected chi connectivity index (χ4v) is 2.52. The molecule has 1 atom stereocenters. The Bertz CT molecular complexity index is 426. The van der Waals surface area contributed by atoms with E-state index in [-0.39, 0.29) is 5.54 Å². The molecule has 0 radical (unpaired) electrons. The summed E-state index contributed by atoms with van der Waals surface area (Å²) in [6.45, 7) is 2.57. The van der Waals surface area contributed by atoms with Crippen molar-refractivity contribution in [3.8, 4) is 11.5 Å². The van der Waals surface area contributed by atoms with Crippen LogP contribution < -0.4 is 15.2 Å². The summed E-state index contributed by atoms with van der Waals surface area (Å²) < 4.78 is 10.8. The van der Waals surface area contributed by atoms with Crippen molar-refractivity contribution >= 4 is 0 Å². The van der Waals surface area contributed by atoms with Crippen molar-refractivity contribution in [1.29, 1.82) is 0 Å². The van der Waals surface area contributed by atoms with E-state index in [1.165, 1.54) is 18.4 Å². The van der Waals surface area contributed by atoms with Crippen LogP contribution in [0.5, 0.6) is 11.5 Å². The largest absolute Gasteiger partial charge is 0.454 e. The molecule has 0 spiro atoms. The van der Waals surface area contributed by atoms with E-state index >= 15 is 0 Å². The normalized spacial score (nSPS) is 21.3. The fraction of sp³-hybridized carbons (Fsp3) is 0.571. The van der Waals surface area contributed by atoms with Crippen molar-refractivity contribution in [3.63, 3.8) is 0 Å². The third-order valence-corrected chi connectivity index (χ3v) is 3.91. The monoisotopic (exact) mass is 233 g/mol. The first-order valence-electron chi connectivity index (χ1n) is 6.39. The molecule has 2 N–H and O–H groups in total.